The van der Waals surface area contributed by atoms with Crippen molar-refractivity contribution < 1.29 is 19.4 Å². The number of aliphatic hydroxyl groups is 1. The van der Waals surface area contributed by atoms with Crippen molar-refractivity contribution in [3.8, 4) is 5.75 Å². The first kappa shape index (κ1) is 29.5. The number of aromatic nitrogens is 2. The third-order valence-corrected chi connectivity index (χ3v) is 8.88. The van der Waals surface area contributed by atoms with Gasteiger partial charge in [-0.2, -0.15) is 0 Å². The van der Waals surface area contributed by atoms with Crippen molar-refractivity contribution in [1.29, 1.82) is 0 Å². The van der Waals surface area contributed by atoms with Crippen molar-refractivity contribution in [2.45, 2.75) is 45.3 Å². The number of piperidine rings is 1. The van der Waals surface area contributed by atoms with Gasteiger partial charge in [-0.3, -0.25) is 14.7 Å². The Balaban J connectivity index is 1.27. The van der Waals surface area contributed by atoms with Crippen LogP contribution in [0.4, 0.5) is 10.8 Å². The van der Waals surface area contributed by atoms with Gasteiger partial charge >= 0.3 is 0 Å². The molecule has 2 aromatic heterocycles. The van der Waals surface area contributed by atoms with Crippen LogP contribution in [0, 0.1) is 6.92 Å². The molecule has 2 saturated heterocycles. The zero-order valence-corrected chi connectivity index (χ0v) is 25.2. The SMILES string of the molecule is COCCNC(=O)COc1c(C)cc2cccnc2c1N1CCCN(Cc2csc(N3CCC(C)(O)CC3)n2)CC1. The van der Waals surface area contributed by atoms with E-state index in [1.165, 1.54) is 0 Å². The molecule has 0 saturated carbocycles. The number of fused-ring (bicyclic) bond motifs is 1. The molecule has 0 bridgehead atoms. The quantitative estimate of drug-likeness (QED) is 0.349. The Labute approximate surface area is 246 Å². The number of hydrogen-bond acceptors (Lipinski definition) is 10. The molecule has 1 aromatic carbocycles. The number of aryl methyl sites for hydroxylation is 1. The highest BCUT2D eigenvalue weighted by atomic mass is 32.1. The summed E-state index contributed by atoms with van der Waals surface area (Å²) in [5.41, 5.74) is 3.38. The fraction of sp³-hybridized carbons (Fsp3) is 0.567. The Bertz CT molecular complexity index is 1320. The number of hydrogen-bond donors (Lipinski definition) is 2. The Morgan fingerprint density at radius 2 is 2.00 bits per heavy atom. The predicted octanol–water partition coefficient (Wildman–Crippen LogP) is 3.20. The maximum absolute atomic E-state index is 12.4. The summed E-state index contributed by atoms with van der Waals surface area (Å²) in [4.78, 5) is 29.2. The summed E-state index contributed by atoms with van der Waals surface area (Å²) in [5.74, 6) is 0.546. The second-order valence-corrected chi connectivity index (χ2v) is 12.1. The predicted molar refractivity (Wildman–Crippen MR) is 163 cm³/mol. The van der Waals surface area contributed by atoms with Gasteiger partial charge in [0.1, 0.15) is 11.4 Å². The number of thiazole rings is 1. The molecule has 0 atom stereocenters. The van der Waals surface area contributed by atoms with Gasteiger partial charge in [0.2, 0.25) is 0 Å². The topological polar surface area (TPSA) is 103 Å². The van der Waals surface area contributed by atoms with Crippen molar-refractivity contribution in [3.63, 3.8) is 0 Å². The normalized spacial score (nSPS) is 18.0. The van der Waals surface area contributed by atoms with E-state index in [1.54, 1.807) is 18.4 Å². The van der Waals surface area contributed by atoms with E-state index < -0.39 is 5.60 Å². The Morgan fingerprint density at radius 3 is 2.80 bits per heavy atom. The van der Waals surface area contributed by atoms with E-state index in [4.69, 9.17) is 19.4 Å². The van der Waals surface area contributed by atoms with E-state index in [9.17, 15) is 9.90 Å². The number of amides is 1. The molecule has 0 unspecified atom stereocenters. The summed E-state index contributed by atoms with van der Waals surface area (Å²) < 4.78 is 11.2. The third-order valence-electron chi connectivity index (χ3n) is 7.93. The number of benzene rings is 1. The Hall–Kier alpha value is -2.99. The smallest absolute Gasteiger partial charge is 0.258 e. The molecular weight excluding hydrogens is 540 g/mol. The molecule has 11 heteroatoms. The zero-order valence-electron chi connectivity index (χ0n) is 24.4. The number of pyridine rings is 1. The lowest BCUT2D eigenvalue weighted by atomic mass is 9.94. The largest absolute Gasteiger partial charge is 0.481 e. The molecule has 10 nitrogen and oxygen atoms in total. The first-order valence-electron chi connectivity index (χ1n) is 14.5. The summed E-state index contributed by atoms with van der Waals surface area (Å²) in [5, 5.41) is 17.4. The molecular formula is C30H42N6O4S. The highest BCUT2D eigenvalue weighted by Gasteiger charge is 2.29. The fourth-order valence-electron chi connectivity index (χ4n) is 5.56. The number of rotatable bonds is 10. The molecule has 2 fully saturated rings. The van der Waals surface area contributed by atoms with Crippen molar-refractivity contribution in [2.24, 2.45) is 0 Å². The van der Waals surface area contributed by atoms with Crippen LogP contribution in [-0.2, 0) is 16.1 Å². The average molecular weight is 583 g/mol. The summed E-state index contributed by atoms with van der Waals surface area (Å²) in [7, 11) is 1.61. The Kier molecular flexibility index (Phi) is 9.59. The number of carbonyl (C=O) groups excluding carboxylic acids is 1. The van der Waals surface area contributed by atoms with Crippen LogP contribution in [0.5, 0.6) is 5.75 Å². The maximum Gasteiger partial charge on any atom is 0.258 e. The van der Waals surface area contributed by atoms with Gasteiger partial charge in [0.25, 0.3) is 5.91 Å². The molecule has 0 radical (unpaired) electrons. The van der Waals surface area contributed by atoms with Crippen molar-refractivity contribution in [2.75, 3.05) is 75.9 Å². The van der Waals surface area contributed by atoms with Crippen LogP contribution < -0.4 is 19.9 Å². The van der Waals surface area contributed by atoms with Crippen LogP contribution in [0.3, 0.4) is 0 Å². The van der Waals surface area contributed by atoms with Crippen LogP contribution >= 0.6 is 11.3 Å². The molecule has 41 heavy (non-hydrogen) atoms. The highest BCUT2D eigenvalue weighted by molar-refractivity contribution is 7.13. The summed E-state index contributed by atoms with van der Waals surface area (Å²) in [6.07, 6.45) is 4.36. The second kappa shape index (κ2) is 13.3. The number of carbonyl (C=O) groups is 1. The Morgan fingerprint density at radius 1 is 1.17 bits per heavy atom. The summed E-state index contributed by atoms with van der Waals surface area (Å²) >= 11 is 1.70. The molecule has 4 heterocycles. The van der Waals surface area contributed by atoms with Crippen molar-refractivity contribution in [3.05, 3.63) is 41.0 Å². The van der Waals surface area contributed by atoms with Gasteiger partial charge in [0.05, 0.1) is 23.4 Å². The van der Waals surface area contributed by atoms with Gasteiger partial charge < -0.3 is 29.7 Å². The van der Waals surface area contributed by atoms with Gasteiger partial charge in [-0.1, -0.05) is 6.07 Å². The lowest BCUT2D eigenvalue weighted by Crippen LogP contribution is -2.42. The van der Waals surface area contributed by atoms with Crippen LogP contribution in [0.15, 0.2) is 29.8 Å². The summed E-state index contributed by atoms with van der Waals surface area (Å²) in [6, 6.07) is 6.11. The van der Waals surface area contributed by atoms with Crippen molar-refractivity contribution in [1.82, 2.24) is 20.2 Å². The molecule has 2 aliphatic rings. The van der Waals surface area contributed by atoms with Crippen LogP contribution in [0.2, 0.25) is 0 Å². The first-order chi connectivity index (χ1) is 19.8. The zero-order chi connectivity index (χ0) is 28.8. The number of ether oxygens (including phenoxy) is 2. The fourth-order valence-corrected chi connectivity index (χ4v) is 6.43. The monoisotopic (exact) mass is 582 g/mol. The van der Waals surface area contributed by atoms with E-state index >= 15 is 0 Å². The second-order valence-electron chi connectivity index (χ2n) is 11.3. The molecule has 2 N–H and O–H groups in total. The standard InChI is InChI=1S/C30H42N6O4S/c1-22-18-23-6-4-9-32-26(23)27(28(22)40-20-25(37)31-10-17-39-3)35-12-5-11-34(15-16-35)19-24-21-41-29(33-24)36-13-7-30(2,38)8-14-36/h4,6,9,18,21,38H,5,7-8,10-17,19-20H2,1-3H3,(H,31,37). The minimum absolute atomic E-state index is 0.0589. The van der Waals surface area contributed by atoms with Gasteiger partial charge in [-0.15, -0.1) is 11.3 Å². The molecule has 2 aliphatic heterocycles. The minimum atomic E-state index is -0.561. The van der Waals surface area contributed by atoms with E-state index in [1.807, 2.05) is 26.1 Å². The lowest BCUT2D eigenvalue weighted by molar-refractivity contribution is -0.123. The van der Waals surface area contributed by atoms with Crippen LogP contribution in [0.1, 0.15) is 37.4 Å². The molecule has 5 rings (SSSR count). The molecule has 3 aromatic rings. The van der Waals surface area contributed by atoms with E-state index in [-0.39, 0.29) is 12.5 Å². The van der Waals surface area contributed by atoms with Gasteiger partial charge in [0, 0.05) is 76.4 Å². The van der Waals surface area contributed by atoms with Crippen LogP contribution in [-0.4, -0.2) is 97.6 Å². The van der Waals surface area contributed by atoms with Gasteiger partial charge in [-0.05, 0) is 50.8 Å². The van der Waals surface area contributed by atoms with E-state index in [0.29, 0.717) is 13.2 Å². The van der Waals surface area contributed by atoms with Crippen LogP contribution in [0.25, 0.3) is 10.9 Å². The number of nitrogens with zero attached hydrogens (tertiary/aromatic N) is 5. The third kappa shape index (κ3) is 7.45. The minimum Gasteiger partial charge on any atom is -0.481 e. The molecule has 222 valence electrons. The maximum atomic E-state index is 12.4. The molecule has 0 aliphatic carbocycles. The number of methoxy groups -OCH3 is 1. The number of nitrogens with one attached hydrogen (secondary N) is 1. The van der Waals surface area contributed by atoms with E-state index in [2.05, 4.69) is 37.5 Å². The number of anilines is 2. The summed E-state index contributed by atoms with van der Waals surface area (Å²) in [6.45, 7) is 10.9. The highest BCUT2D eigenvalue weighted by Crippen LogP contribution is 2.39. The average Bonchev–Trinajstić information content (AvgIpc) is 3.29. The van der Waals surface area contributed by atoms with Crippen molar-refractivity contribution >= 4 is 39.0 Å². The van der Waals surface area contributed by atoms with E-state index in [0.717, 1.165) is 104 Å². The van der Waals surface area contributed by atoms with Gasteiger partial charge in [0.15, 0.2) is 11.7 Å². The molecule has 0 spiro atoms. The molecule has 1 amide bonds. The van der Waals surface area contributed by atoms with Gasteiger partial charge in [-0.25, -0.2) is 4.98 Å². The first-order valence-corrected chi connectivity index (χ1v) is 15.4. The lowest BCUT2D eigenvalue weighted by Gasteiger charge is -2.35.